The predicted molar refractivity (Wildman–Crippen MR) is 63.5 cm³/mol. The highest BCUT2D eigenvalue weighted by Crippen LogP contribution is 1.76. The van der Waals surface area contributed by atoms with E-state index in [4.69, 9.17) is 12.2 Å². The van der Waals surface area contributed by atoms with E-state index in [9.17, 15) is 0 Å². The Balaban J connectivity index is 0. The Morgan fingerprint density at radius 2 is 2.50 bits per heavy atom. The molecule has 0 radical (unpaired) electrons. The summed E-state index contributed by atoms with van der Waals surface area (Å²) in [6.45, 7) is 5.84. The number of terminal acetylenes is 1. The zero-order valence-corrected chi connectivity index (χ0v) is 9.41. The standard InChI is InChI=1S/C8H13N3.HI/c1-4-6-10-8(9)11-7(3)5-2;/h2,4,7H,1,6H2,3H3,(H3,9,10,11);1H. The molecule has 3 N–H and O–H groups in total. The molecule has 0 aromatic heterocycles. The maximum absolute atomic E-state index is 5.43. The van der Waals surface area contributed by atoms with Crippen LogP contribution >= 0.6 is 24.0 Å². The monoisotopic (exact) mass is 279 g/mol. The van der Waals surface area contributed by atoms with Crippen molar-refractivity contribution in [3.05, 3.63) is 12.7 Å². The summed E-state index contributed by atoms with van der Waals surface area (Å²) in [6.07, 6.45) is 6.77. The van der Waals surface area contributed by atoms with Crippen LogP contribution in [0.3, 0.4) is 0 Å². The second kappa shape index (κ2) is 8.40. The lowest BCUT2D eigenvalue weighted by atomic mass is 10.4. The fourth-order valence-electron chi connectivity index (χ4n) is 0.472. The Labute approximate surface area is 90.5 Å². The summed E-state index contributed by atoms with van der Waals surface area (Å²) < 4.78 is 0. The van der Waals surface area contributed by atoms with Crippen LogP contribution in [-0.2, 0) is 0 Å². The lowest BCUT2D eigenvalue weighted by Crippen LogP contribution is -2.37. The van der Waals surface area contributed by atoms with Gasteiger partial charge in [-0.3, -0.25) is 0 Å². The number of hydrogen-bond donors (Lipinski definition) is 2. The Morgan fingerprint density at radius 1 is 1.92 bits per heavy atom. The van der Waals surface area contributed by atoms with Gasteiger partial charge in [-0.25, -0.2) is 4.99 Å². The van der Waals surface area contributed by atoms with Crippen LogP contribution in [0.2, 0.25) is 0 Å². The van der Waals surface area contributed by atoms with E-state index in [1.54, 1.807) is 6.08 Å². The zero-order valence-electron chi connectivity index (χ0n) is 7.08. The van der Waals surface area contributed by atoms with Crippen LogP contribution in [0.4, 0.5) is 0 Å². The van der Waals surface area contributed by atoms with Crippen LogP contribution in [0.25, 0.3) is 0 Å². The number of rotatable bonds is 3. The summed E-state index contributed by atoms with van der Waals surface area (Å²) in [5.41, 5.74) is 5.43. The van der Waals surface area contributed by atoms with Crippen molar-refractivity contribution in [2.75, 3.05) is 6.54 Å². The molecule has 68 valence electrons. The van der Waals surface area contributed by atoms with Crippen molar-refractivity contribution in [3.63, 3.8) is 0 Å². The minimum Gasteiger partial charge on any atom is -0.370 e. The Morgan fingerprint density at radius 3 is 2.92 bits per heavy atom. The molecular weight excluding hydrogens is 265 g/mol. The summed E-state index contributed by atoms with van der Waals surface area (Å²) >= 11 is 0. The van der Waals surface area contributed by atoms with E-state index in [1.165, 1.54) is 0 Å². The van der Waals surface area contributed by atoms with E-state index >= 15 is 0 Å². The number of nitrogens with two attached hydrogens (primary N) is 1. The highest BCUT2D eigenvalue weighted by molar-refractivity contribution is 14.0. The van der Waals surface area contributed by atoms with Gasteiger partial charge in [0.2, 0.25) is 0 Å². The van der Waals surface area contributed by atoms with E-state index in [1.807, 2.05) is 6.92 Å². The first-order chi connectivity index (χ1) is 5.20. The molecule has 0 aliphatic carbocycles. The molecule has 12 heavy (non-hydrogen) atoms. The average molecular weight is 279 g/mol. The van der Waals surface area contributed by atoms with Gasteiger partial charge in [-0.2, -0.15) is 0 Å². The molecule has 3 nitrogen and oxygen atoms in total. The molecule has 0 rings (SSSR count). The van der Waals surface area contributed by atoms with Gasteiger partial charge in [-0.15, -0.1) is 37.0 Å². The fraction of sp³-hybridized carbons (Fsp3) is 0.375. The summed E-state index contributed by atoms with van der Waals surface area (Å²) in [7, 11) is 0. The molecule has 1 unspecified atom stereocenters. The molecule has 0 amide bonds. The van der Waals surface area contributed by atoms with Crippen LogP contribution in [0.5, 0.6) is 0 Å². The van der Waals surface area contributed by atoms with Crippen molar-refractivity contribution in [2.45, 2.75) is 13.0 Å². The third kappa shape index (κ3) is 7.41. The molecule has 0 aromatic carbocycles. The van der Waals surface area contributed by atoms with Crippen molar-refractivity contribution in [3.8, 4) is 12.3 Å². The molecule has 0 fully saturated rings. The smallest absolute Gasteiger partial charge is 0.189 e. The van der Waals surface area contributed by atoms with Crippen LogP contribution in [0.15, 0.2) is 17.6 Å². The molecule has 0 spiro atoms. The van der Waals surface area contributed by atoms with Gasteiger partial charge in [0.25, 0.3) is 0 Å². The number of halogens is 1. The predicted octanol–water partition coefficient (Wildman–Crippen LogP) is 0.716. The molecule has 1 atom stereocenters. The lowest BCUT2D eigenvalue weighted by molar-refractivity contribution is 0.819. The highest BCUT2D eigenvalue weighted by atomic mass is 127. The van der Waals surface area contributed by atoms with E-state index in [2.05, 4.69) is 22.8 Å². The minimum absolute atomic E-state index is 0. The van der Waals surface area contributed by atoms with E-state index in [0.717, 1.165) is 0 Å². The van der Waals surface area contributed by atoms with Gasteiger partial charge < -0.3 is 11.1 Å². The quantitative estimate of drug-likeness (QED) is 0.263. The Bertz CT molecular complexity index is 193. The third-order valence-electron chi connectivity index (χ3n) is 1.01. The summed E-state index contributed by atoms with van der Waals surface area (Å²) in [5, 5.41) is 2.81. The Kier molecular flexibility index (Phi) is 9.70. The molecule has 0 heterocycles. The van der Waals surface area contributed by atoms with Gasteiger partial charge in [0, 0.05) is 0 Å². The largest absolute Gasteiger partial charge is 0.370 e. The van der Waals surface area contributed by atoms with Gasteiger partial charge in [-0.05, 0) is 6.92 Å². The number of guanidine groups is 1. The fourth-order valence-corrected chi connectivity index (χ4v) is 0.472. The summed E-state index contributed by atoms with van der Waals surface area (Å²) in [6, 6.07) is -0.0800. The van der Waals surface area contributed by atoms with Crippen LogP contribution in [-0.4, -0.2) is 18.5 Å². The van der Waals surface area contributed by atoms with Gasteiger partial charge in [0.1, 0.15) is 0 Å². The number of aliphatic imine (C=N–C) groups is 1. The Hall–Kier alpha value is -0.700. The first-order valence-corrected chi connectivity index (χ1v) is 3.34. The topological polar surface area (TPSA) is 50.4 Å². The molecule has 0 aliphatic heterocycles. The van der Waals surface area contributed by atoms with Crippen LogP contribution in [0, 0.1) is 12.3 Å². The minimum atomic E-state index is -0.0800. The number of nitrogens with zero attached hydrogens (tertiary/aromatic N) is 1. The van der Waals surface area contributed by atoms with Crippen molar-refractivity contribution in [1.82, 2.24) is 5.32 Å². The van der Waals surface area contributed by atoms with Crippen molar-refractivity contribution < 1.29 is 0 Å². The van der Waals surface area contributed by atoms with Gasteiger partial charge in [0.15, 0.2) is 5.96 Å². The maximum Gasteiger partial charge on any atom is 0.189 e. The lowest BCUT2D eigenvalue weighted by Gasteiger charge is -2.06. The first-order valence-electron chi connectivity index (χ1n) is 3.34. The second-order valence-electron chi connectivity index (χ2n) is 2.05. The molecule has 0 aromatic rings. The van der Waals surface area contributed by atoms with Gasteiger partial charge >= 0.3 is 0 Å². The maximum atomic E-state index is 5.43. The van der Waals surface area contributed by atoms with Crippen molar-refractivity contribution >= 4 is 29.9 Å². The normalized spacial score (nSPS) is 12.2. The van der Waals surface area contributed by atoms with E-state index in [-0.39, 0.29) is 30.0 Å². The molecule has 4 heteroatoms. The average Bonchev–Trinajstić information content (AvgIpc) is 2.00. The van der Waals surface area contributed by atoms with Crippen LogP contribution < -0.4 is 11.1 Å². The highest BCUT2D eigenvalue weighted by Gasteiger charge is 1.94. The molecule has 0 saturated carbocycles. The van der Waals surface area contributed by atoms with Gasteiger partial charge in [-0.1, -0.05) is 12.0 Å². The molecule has 0 saturated heterocycles. The number of hydrogen-bond acceptors (Lipinski definition) is 1. The van der Waals surface area contributed by atoms with Crippen LogP contribution in [0.1, 0.15) is 6.92 Å². The first kappa shape index (κ1) is 13.9. The SMILES string of the molecule is C#CC(C)NC(N)=NCC=C.I. The van der Waals surface area contributed by atoms with Gasteiger partial charge in [0.05, 0.1) is 12.6 Å². The molecule has 0 bridgehead atoms. The van der Waals surface area contributed by atoms with E-state index < -0.39 is 0 Å². The number of nitrogens with one attached hydrogen (secondary N) is 1. The molecular formula is C8H14IN3. The summed E-state index contributed by atoms with van der Waals surface area (Å²) in [4.78, 5) is 3.90. The van der Waals surface area contributed by atoms with Crippen molar-refractivity contribution in [1.29, 1.82) is 0 Å². The third-order valence-corrected chi connectivity index (χ3v) is 1.01. The summed E-state index contributed by atoms with van der Waals surface area (Å²) in [5.74, 6) is 2.83. The van der Waals surface area contributed by atoms with Crippen molar-refractivity contribution in [2.24, 2.45) is 10.7 Å². The van der Waals surface area contributed by atoms with E-state index in [0.29, 0.717) is 12.5 Å². The zero-order chi connectivity index (χ0) is 8.69. The molecule has 0 aliphatic rings. The second-order valence-corrected chi connectivity index (χ2v) is 2.05.